The monoisotopic (exact) mass is 480 g/mol. The van der Waals surface area contributed by atoms with Gasteiger partial charge in [-0.2, -0.15) is 0 Å². The second-order valence-corrected chi connectivity index (χ2v) is 8.84. The van der Waals surface area contributed by atoms with E-state index in [0.717, 1.165) is 15.4 Å². The molecule has 0 saturated carbocycles. The van der Waals surface area contributed by atoms with Gasteiger partial charge in [-0.25, -0.2) is 4.79 Å². The highest BCUT2D eigenvalue weighted by Gasteiger charge is 2.29. The fraction of sp³-hybridized carbons (Fsp3) is 0.160. The van der Waals surface area contributed by atoms with E-state index >= 15 is 0 Å². The molecule has 0 saturated heterocycles. The molecule has 3 aromatic carbocycles. The van der Waals surface area contributed by atoms with Crippen molar-refractivity contribution in [3.05, 3.63) is 82.4 Å². The number of benzene rings is 3. The molecule has 0 atom stereocenters. The predicted octanol–water partition coefficient (Wildman–Crippen LogP) is 5.58. The van der Waals surface area contributed by atoms with Gasteiger partial charge in [-0.1, -0.05) is 41.6 Å². The average Bonchev–Trinajstić information content (AvgIpc) is 2.91. The zero-order valence-corrected chi connectivity index (χ0v) is 19.6. The van der Waals surface area contributed by atoms with Crippen molar-refractivity contribution in [1.82, 2.24) is 0 Å². The number of carbonyl (C=O) groups is 3. The number of nitrogens with one attached hydrogen (secondary N) is 1. The highest BCUT2D eigenvalue weighted by molar-refractivity contribution is 7.99. The Balaban J connectivity index is 1.72. The van der Waals surface area contributed by atoms with E-state index in [1.165, 1.54) is 16.7 Å². The summed E-state index contributed by atoms with van der Waals surface area (Å²) >= 11 is 7.58. The number of fused-ring (bicyclic) bond motifs is 2. The van der Waals surface area contributed by atoms with Gasteiger partial charge >= 0.3 is 5.97 Å². The van der Waals surface area contributed by atoms with Crippen LogP contribution in [0.5, 0.6) is 0 Å². The summed E-state index contributed by atoms with van der Waals surface area (Å²) in [6, 6.07) is 17.5. The van der Waals surface area contributed by atoms with Gasteiger partial charge in [0, 0.05) is 20.5 Å². The maximum Gasteiger partial charge on any atom is 0.338 e. The molecular weight excluding hydrogens is 460 g/mol. The van der Waals surface area contributed by atoms with Crippen molar-refractivity contribution in [1.29, 1.82) is 0 Å². The molecule has 0 radical (unpaired) electrons. The van der Waals surface area contributed by atoms with Gasteiger partial charge in [-0.3, -0.25) is 14.5 Å². The first kappa shape index (κ1) is 22.9. The molecule has 0 bridgehead atoms. The lowest BCUT2D eigenvalue weighted by molar-refractivity contribution is -0.114. The van der Waals surface area contributed by atoms with Gasteiger partial charge < -0.3 is 10.1 Å². The first-order valence-corrected chi connectivity index (χ1v) is 11.5. The summed E-state index contributed by atoms with van der Waals surface area (Å²) < 4.78 is 5.12. The van der Waals surface area contributed by atoms with E-state index in [1.807, 2.05) is 19.1 Å². The van der Waals surface area contributed by atoms with E-state index in [9.17, 15) is 14.4 Å². The maximum atomic E-state index is 13.5. The van der Waals surface area contributed by atoms with Crippen molar-refractivity contribution < 1.29 is 19.1 Å². The smallest absolute Gasteiger partial charge is 0.338 e. The lowest BCUT2D eigenvalue weighted by Gasteiger charge is -2.23. The lowest BCUT2D eigenvalue weighted by Crippen LogP contribution is -2.38. The third kappa shape index (κ3) is 4.74. The number of esters is 1. The van der Waals surface area contributed by atoms with Crippen molar-refractivity contribution in [2.24, 2.45) is 0 Å². The zero-order chi connectivity index (χ0) is 23.5. The molecular formula is C25H21ClN2O4S. The third-order valence-corrected chi connectivity index (χ3v) is 6.74. The minimum Gasteiger partial charge on any atom is -0.462 e. The van der Waals surface area contributed by atoms with Crippen LogP contribution in [0.25, 0.3) is 0 Å². The molecule has 33 heavy (non-hydrogen) atoms. The molecule has 1 aliphatic heterocycles. The summed E-state index contributed by atoms with van der Waals surface area (Å²) in [5, 5.41) is 3.37. The normalized spacial score (nSPS) is 12.5. The Morgan fingerprint density at radius 3 is 2.64 bits per heavy atom. The number of halogens is 1. The van der Waals surface area contributed by atoms with Gasteiger partial charge in [-0.05, 0) is 61.9 Å². The fourth-order valence-electron chi connectivity index (χ4n) is 3.49. The van der Waals surface area contributed by atoms with E-state index < -0.39 is 5.97 Å². The lowest BCUT2D eigenvalue weighted by atomic mass is 10.1. The fourth-order valence-corrected chi connectivity index (χ4v) is 4.73. The van der Waals surface area contributed by atoms with Crippen LogP contribution in [0.3, 0.4) is 0 Å². The van der Waals surface area contributed by atoms with Gasteiger partial charge in [0.05, 0.1) is 23.4 Å². The molecule has 0 fully saturated rings. The topological polar surface area (TPSA) is 75.7 Å². The number of nitrogens with zero attached hydrogens (tertiary/aromatic N) is 1. The number of hydrogen-bond donors (Lipinski definition) is 1. The molecule has 0 unspecified atom stereocenters. The molecule has 0 aromatic heterocycles. The molecule has 6 nitrogen and oxygen atoms in total. The summed E-state index contributed by atoms with van der Waals surface area (Å²) in [7, 11) is 0. The molecule has 8 heteroatoms. The molecule has 168 valence electrons. The van der Waals surface area contributed by atoms with Crippen LogP contribution < -0.4 is 10.2 Å². The van der Waals surface area contributed by atoms with Gasteiger partial charge in [0.25, 0.3) is 5.91 Å². The number of hydrogen-bond acceptors (Lipinski definition) is 5. The molecule has 0 spiro atoms. The highest BCUT2D eigenvalue weighted by atomic mass is 35.5. The predicted molar refractivity (Wildman–Crippen MR) is 129 cm³/mol. The number of carbonyl (C=O) groups excluding carboxylic acids is 3. The Kier molecular flexibility index (Phi) is 6.72. The summed E-state index contributed by atoms with van der Waals surface area (Å²) in [5.74, 6) is -1.19. The van der Waals surface area contributed by atoms with E-state index in [2.05, 4.69) is 5.32 Å². The van der Waals surface area contributed by atoms with Crippen molar-refractivity contribution in [3.8, 4) is 0 Å². The zero-order valence-electron chi connectivity index (χ0n) is 18.1. The Labute approximate surface area is 200 Å². The van der Waals surface area contributed by atoms with E-state index in [1.54, 1.807) is 55.5 Å². The van der Waals surface area contributed by atoms with Crippen LogP contribution in [0.15, 0.2) is 70.5 Å². The minimum absolute atomic E-state index is 0.236. The van der Waals surface area contributed by atoms with Gasteiger partial charge in [-0.15, -0.1) is 0 Å². The second-order valence-electron chi connectivity index (χ2n) is 7.35. The van der Waals surface area contributed by atoms with Gasteiger partial charge in [0.1, 0.15) is 6.54 Å². The van der Waals surface area contributed by atoms with E-state index in [-0.39, 0.29) is 25.0 Å². The van der Waals surface area contributed by atoms with E-state index in [0.29, 0.717) is 27.5 Å². The van der Waals surface area contributed by atoms with Gasteiger partial charge in [0.2, 0.25) is 5.91 Å². The molecule has 1 aliphatic rings. The van der Waals surface area contributed by atoms with Crippen LogP contribution in [-0.4, -0.2) is 30.9 Å². The van der Waals surface area contributed by atoms with Crippen LogP contribution in [0.4, 0.5) is 11.4 Å². The highest BCUT2D eigenvalue weighted by Crippen LogP contribution is 2.41. The summed E-state index contributed by atoms with van der Waals surface area (Å²) in [4.78, 5) is 41.8. The number of rotatable bonds is 5. The quantitative estimate of drug-likeness (QED) is 0.483. The number of ether oxygens (including phenoxy) is 1. The van der Waals surface area contributed by atoms with Crippen molar-refractivity contribution in [3.63, 3.8) is 0 Å². The summed E-state index contributed by atoms with van der Waals surface area (Å²) in [6.07, 6.45) is 0. The standard InChI is InChI=1S/C25H21ClN2O4S/c1-3-32-25(31)16-11-12-22-20(13-16)28(24(30)17-7-4-5-10-21(17)33-22)14-23(29)27-19-9-6-8-18(26)15(19)2/h4-13H,3,14H2,1-2H3,(H,27,29). The van der Waals surface area contributed by atoms with Crippen LogP contribution >= 0.6 is 23.4 Å². The van der Waals surface area contributed by atoms with E-state index in [4.69, 9.17) is 16.3 Å². The molecule has 4 rings (SSSR count). The maximum absolute atomic E-state index is 13.5. The third-order valence-electron chi connectivity index (χ3n) is 5.19. The van der Waals surface area contributed by atoms with Gasteiger partial charge in [0.15, 0.2) is 0 Å². The average molecular weight is 481 g/mol. The summed E-state index contributed by atoms with van der Waals surface area (Å²) in [5.41, 5.74) is 2.59. The van der Waals surface area contributed by atoms with Crippen LogP contribution in [0.1, 0.15) is 33.2 Å². The van der Waals surface area contributed by atoms with Crippen LogP contribution in [0, 0.1) is 6.92 Å². The number of anilines is 2. The first-order valence-electron chi connectivity index (χ1n) is 10.3. The van der Waals surface area contributed by atoms with Crippen LogP contribution in [-0.2, 0) is 9.53 Å². The van der Waals surface area contributed by atoms with Crippen molar-refractivity contribution >= 4 is 52.5 Å². The van der Waals surface area contributed by atoms with Crippen LogP contribution in [0.2, 0.25) is 5.02 Å². The molecule has 1 heterocycles. The Bertz CT molecular complexity index is 1260. The Hall–Kier alpha value is -3.29. The Morgan fingerprint density at radius 2 is 1.85 bits per heavy atom. The molecule has 3 aromatic rings. The number of amides is 2. The Morgan fingerprint density at radius 1 is 1.06 bits per heavy atom. The SMILES string of the molecule is CCOC(=O)c1ccc2c(c1)N(CC(=O)Nc1cccc(Cl)c1C)C(=O)c1ccccc1S2. The van der Waals surface area contributed by atoms with Crippen molar-refractivity contribution in [2.75, 3.05) is 23.4 Å². The minimum atomic E-state index is -0.488. The largest absolute Gasteiger partial charge is 0.462 e. The molecule has 2 amide bonds. The molecule has 1 N–H and O–H groups in total. The van der Waals surface area contributed by atoms with Crippen molar-refractivity contribution in [2.45, 2.75) is 23.6 Å². The summed E-state index contributed by atoms with van der Waals surface area (Å²) in [6.45, 7) is 3.54. The second kappa shape index (κ2) is 9.68. The molecule has 0 aliphatic carbocycles. The first-order chi connectivity index (χ1) is 15.9.